The standard InChI is InChI=1S/C42H27BN2/c43-37-26-31(30-21-24-40-36(25-30)34-15-7-9-17-38(34)44(40)32-13-5-2-6-14-32)27-41-42(37)35-16-8-10-18-39(35)45(41)33-22-19-29(20-23-33)28-11-3-1-4-12-28/h1-27H. The molecule has 208 valence electrons. The summed E-state index contributed by atoms with van der Waals surface area (Å²) in [4.78, 5) is 0. The number of aromatic nitrogens is 2. The molecule has 9 rings (SSSR count). The second kappa shape index (κ2) is 10.1. The highest BCUT2D eigenvalue weighted by Gasteiger charge is 2.17. The van der Waals surface area contributed by atoms with Crippen molar-refractivity contribution < 1.29 is 0 Å². The van der Waals surface area contributed by atoms with Gasteiger partial charge in [-0.2, -0.15) is 0 Å². The number of nitrogens with zero attached hydrogens (tertiary/aromatic N) is 2. The van der Waals surface area contributed by atoms with Crippen LogP contribution in [0.1, 0.15) is 0 Å². The third-order valence-corrected chi connectivity index (χ3v) is 9.06. The maximum atomic E-state index is 6.92. The van der Waals surface area contributed by atoms with E-state index in [0.29, 0.717) is 0 Å². The molecule has 0 unspecified atom stereocenters. The summed E-state index contributed by atoms with van der Waals surface area (Å²) in [5, 5.41) is 4.70. The minimum atomic E-state index is 0.783. The Bertz CT molecular complexity index is 2520. The normalized spacial score (nSPS) is 11.6. The minimum Gasteiger partial charge on any atom is -0.309 e. The Hall–Kier alpha value is -5.80. The molecule has 0 saturated heterocycles. The lowest BCUT2D eigenvalue weighted by Gasteiger charge is -2.12. The van der Waals surface area contributed by atoms with E-state index >= 15 is 0 Å². The van der Waals surface area contributed by atoms with Crippen LogP contribution in [0.5, 0.6) is 0 Å². The van der Waals surface area contributed by atoms with Gasteiger partial charge in [0.15, 0.2) is 0 Å². The van der Waals surface area contributed by atoms with E-state index in [1.807, 2.05) is 0 Å². The van der Waals surface area contributed by atoms with Crippen molar-refractivity contribution in [2.24, 2.45) is 0 Å². The number of benzene rings is 7. The lowest BCUT2D eigenvalue weighted by Crippen LogP contribution is -2.04. The van der Waals surface area contributed by atoms with Gasteiger partial charge in [-0.25, -0.2) is 0 Å². The van der Waals surface area contributed by atoms with Crippen LogP contribution in [0.3, 0.4) is 0 Å². The molecule has 2 aromatic heterocycles. The Balaban J connectivity index is 1.25. The number of rotatable bonds is 4. The molecule has 45 heavy (non-hydrogen) atoms. The van der Waals surface area contributed by atoms with Gasteiger partial charge in [0, 0.05) is 32.9 Å². The van der Waals surface area contributed by atoms with Gasteiger partial charge in [-0.3, -0.25) is 0 Å². The molecule has 0 aliphatic heterocycles. The van der Waals surface area contributed by atoms with Crippen molar-refractivity contribution in [1.29, 1.82) is 0 Å². The zero-order valence-electron chi connectivity index (χ0n) is 24.6. The summed E-state index contributed by atoms with van der Waals surface area (Å²) in [6.45, 7) is 0. The van der Waals surface area contributed by atoms with E-state index in [2.05, 4.69) is 173 Å². The van der Waals surface area contributed by atoms with Gasteiger partial charge >= 0.3 is 0 Å². The van der Waals surface area contributed by atoms with Gasteiger partial charge in [-0.1, -0.05) is 115 Å². The average Bonchev–Trinajstić information content (AvgIpc) is 3.62. The first kappa shape index (κ1) is 25.7. The van der Waals surface area contributed by atoms with Crippen molar-refractivity contribution in [3.8, 4) is 33.6 Å². The topological polar surface area (TPSA) is 9.86 Å². The first-order valence-corrected chi connectivity index (χ1v) is 15.3. The molecule has 2 heterocycles. The summed E-state index contributed by atoms with van der Waals surface area (Å²) in [7, 11) is 6.92. The largest absolute Gasteiger partial charge is 0.309 e. The number of hydrogen-bond donors (Lipinski definition) is 0. The van der Waals surface area contributed by atoms with Gasteiger partial charge in [0.2, 0.25) is 0 Å². The van der Waals surface area contributed by atoms with E-state index in [1.165, 1.54) is 32.9 Å². The Morgan fingerprint density at radius 1 is 0.333 bits per heavy atom. The molecular weight excluding hydrogens is 543 g/mol. The van der Waals surface area contributed by atoms with Crippen molar-refractivity contribution in [1.82, 2.24) is 9.13 Å². The Kier molecular flexibility index (Phi) is 5.79. The van der Waals surface area contributed by atoms with E-state index in [-0.39, 0.29) is 0 Å². The second-order valence-corrected chi connectivity index (χ2v) is 11.6. The maximum Gasteiger partial charge on any atom is 0.114 e. The maximum absolute atomic E-state index is 6.92. The van der Waals surface area contributed by atoms with Crippen molar-refractivity contribution in [2.45, 2.75) is 0 Å². The lowest BCUT2D eigenvalue weighted by atomic mass is 9.87. The van der Waals surface area contributed by atoms with Gasteiger partial charge in [0.1, 0.15) is 7.85 Å². The highest BCUT2D eigenvalue weighted by Crippen LogP contribution is 2.37. The van der Waals surface area contributed by atoms with Crippen LogP contribution in [-0.4, -0.2) is 17.0 Å². The van der Waals surface area contributed by atoms with E-state index in [0.717, 1.165) is 49.8 Å². The predicted octanol–water partition coefficient (Wildman–Crippen LogP) is 10.0. The Morgan fingerprint density at radius 3 is 1.62 bits per heavy atom. The van der Waals surface area contributed by atoms with Crippen LogP contribution in [0.4, 0.5) is 0 Å². The molecule has 0 spiro atoms. The molecule has 0 aliphatic rings. The summed E-state index contributed by atoms with van der Waals surface area (Å²) in [6, 6.07) is 58.3. The molecule has 3 heteroatoms. The first-order valence-electron chi connectivity index (χ1n) is 15.3. The fraction of sp³-hybridized carbons (Fsp3) is 0. The SMILES string of the molecule is [B]c1cc(-c2ccc3c(c2)c2ccccc2n3-c2ccccc2)cc2c1c1ccccc1n2-c1ccc(-c2ccccc2)cc1. The third kappa shape index (κ3) is 4.05. The molecule has 0 N–H and O–H groups in total. The summed E-state index contributed by atoms with van der Waals surface area (Å²) < 4.78 is 4.70. The molecule has 2 radical (unpaired) electrons. The molecule has 0 aliphatic carbocycles. The molecule has 0 bridgehead atoms. The molecular formula is C42H27BN2. The zero-order chi connectivity index (χ0) is 29.9. The van der Waals surface area contributed by atoms with Crippen LogP contribution in [0.2, 0.25) is 0 Å². The van der Waals surface area contributed by atoms with E-state index < -0.39 is 0 Å². The third-order valence-electron chi connectivity index (χ3n) is 9.06. The summed E-state index contributed by atoms with van der Waals surface area (Å²) in [5.41, 5.74) is 12.3. The van der Waals surface area contributed by atoms with Crippen LogP contribution in [0.25, 0.3) is 77.2 Å². The van der Waals surface area contributed by atoms with Gasteiger partial charge < -0.3 is 9.13 Å². The zero-order valence-corrected chi connectivity index (χ0v) is 24.6. The molecule has 7 aromatic carbocycles. The van der Waals surface area contributed by atoms with Crippen LogP contribution >= 0.6 is 0 Å². The molecule has 0 atom stereocenters. The molecule has 9 aromatic rings. The fourth-order valence-corrected chi connectivity index (χ4v) is 7.01. The molecule has 0 amide bonds. The van der Waals surface area contributed by atoms with E-state index in [1.54, 1.807) is 0 Å². The minimum absolute atomic E-state index is 0.783. The quantitative estimate of drug-likeness (QED) is 0.186. The van der Waals surface area contributed by atoms with E-state index in [9.17, 15) is 0 Å². The smallest absolute Gasteiger partial charge is 0.114 e. The van der Waals surface area contributed by atoms with Crippen molar-refractivity contribution in [3.63, 3.8) is 0 Å². The summed E-state index contributed by atoms with van der Waals surface area (Å²) >= 11 is 0. The monoisotopic (exact) mass is 570 g/mol. The number of fused-ring (bicyclic) bond motifs is 6. The lowest BCUT2D eigenvalue weighted by molar-refractivity contribution is 1.18. The highest BCUT2D eigenvalue weighted by molar-refractivity contribution is 6.42. The first-order chi connectivity index (χ1) is 22.2. The van der Waals surface area contributed by atoms with Crippen molar-refractivity contribution in [2.75, 3.05) is 0 Å². The summed E-state index contributed by atoms with van der Waals surface area (Å²) in [5.74, 6) is 0. The highest BCUT2D eigenvalue weighted by atomic mass is 15.0. The van der Waals surface area contributed by atoms with Gasteiger partial charge in [-0.15, -0.1) is 0 Å². The fourth-order valence-electron chi connectivity index (χ4n) is 7.01. The predicted molar refractivity (Wildman–Crippen MR) is 191 cm³/mol. The summed E-state index contributed by atoms with van der Waals surface area (Å²) in [6.07, 6.45) is 0. The van der Waals surface area contributed by atoms with Crippen LogP contribution in [0.15, 0.2) is 164 Å². The Labute approximate surface area is 262 Å². The van der Waals surface area contributed by atoms with E-state index in [4.69, 9.17) is 7.85 Å². The number of para-hydroxylation sites is 3. The number of hydrogen-bond acceptors (Lipinski definition) is 0. The molecule has 2 nitrogen and oxygen atoms in total. The average molecular weight is 571 g/mol. The van der Waals surface area contributed by atoms with Gasteiger partial charge in [0.05, 0.1) is 22.1 Å². The second-order valence-electron chi connectivity index (χ2n) is 11.6. The van der Waals surface area contributed by atoms with Crippen LogP contribution in [-0.2, 0) is 0 Å². The molecule has 0 fully saturated rings. The van der Waals surface area contributed by atoms with Crippen molar-refractivity contribution in [3.05, 3.63) is 164 Å². The molecule has 0 saturated carbocycles. The van der Waals surface area contributed by atoms with Crippen LogP contribution < -0.4 is 5.46 Å². The van der Waals surface area contributed by atoms with Gasteiger partial charge in [-0.05, 0) is 76.9 Å². The van der Waals surface area contributed by atoms with Crippen molar-refractivity contribution >= 4 is 56.9 Å². The van der Waals surface area contributed by atoms with Crippen LogP contribution in [0, 0.1) is 0 Å². The van der Waals surface area contributed by atoms with Gasteiger partial charge in [0.25, 0.3) is 0 Å². The Morgan fingerprint density at radius 2 is 0.867 bits per heavy atom.